The quantitative estimate of drug-likeness (QED) is 0.801. The van der Waals surface area contributed by atoms with Crippen molar-refractivity contribution in [1.29, 1.82) is 0 Å². The van der Waals surface area contributed by atoms with E-state index in [1.54, 1.807) is 7.11 Å². The first-order valence-electron chi connectivity index (χ1n) is 5.83. The zero-order valence-electron chi connectivity index (χ0n) is 10.1. The third-order valence-electron chi connectivity index (χ3n) is 2.86. The van der Waals surface area contributed by atoms with Crippen LogP contribution >= 0.6 is 0 Å². The van der Waals surface area contributed by atoms with Crippen LogP contribution in [0.2, 0.25) is 0 Å². The highest BCUT2D eigenvalue weighted by Gasteiger charge is 2.25. The van der Waals surface area contributed by atoms with Crippen LogP contribution in [0.15, 0.2) is 42.7 Å². The molecule has 3 nitrogen and oxygen atoms in total. The van der Waals surface area contributed by atoms with Crippen molar-refractivity contribution in [3.8, 4) is 0 Å². The van der Waals surface area contributed by atoms with Gasteiger partial charge in [-0.3, -0.25) is 0 Å². The lowest BCUT2D eigenvalue weighted by atomic mass is 10.1. The number of methoxy groups -OCH3 is 1. The zero-order chi connectivity index (χ0) is 12.1. The molecule has 0 radical (unpaired) electrons. The smallest absolute Gasteiger partial charge is 0.199 e. The van der Waals surface area contributed by atoms with Crippen LogP contribution < -0.4 is 0 Å². The molecule has 0 saturated carbocycles. The standard InChI is InChI=1S/C14H18O3/c1-11-13(8-9-14(15-2)17-11)16-10-12-6-4-3-5-7-12/h3-7,13-14H,1,8-10H2,2H3/t13-,14?/m0/s1. The SMILES string of the molecule is C=C1OC(OC)CC[C@@H]1OCc1ccccc1. The minimum absolute atomic E-state index is 0.0263. The molecule has 0 bridgehead atoms. The summed E-state index contributed by atoms with van der Waals surface area (Å²) in [7, 11) is 1.64. The van der Waals surface area contributed by atoms with Crippen molar-refractivity contribution in [2.45, 2.75) is 31.8 Å². The third-order valence-corrected chi connectivity index (χ3v) is 2.86. The average Bonchev–Trinajstić information content (AvgIpc) is 2.38. The lowest BCUT2D eigenvalue weighted by Crippen LogP contribution is -2.30. The molecular weight excluding hydrogens is 216 g/mol. The number of ether oxygens (including phenoxy) is 3. The molecule has 0 aromatic heterocycles. The van der Waals surface area contributed by atoms with Crippen molar-refractivity contribution in [2.24, 2.45) is 0 Å². The largest absolute Gasteiger partial charge is 0.467 e. The summed E-state index contributed by atoms with van der Waals surface area (Å²) in [5.41, 5.74) is 1.16. The predicted molar refractivity (Wildman–Crippen MR) is 65.3 cm³/mol. The minimum atomic E-state index is -0.168. The van der Waals surface area contributed by atoms with Crippen LogP contribution in [0.3, 0.4) is 0 Å². The summed E-state index contributed by atoms with van der Waals surface area (Å²) < 4.78 is 16.4. The van der Waals surface area contributed by atoms with Gasteiger partial charge in [-0.2, -0.15) is 0 Å². The molecule has 1 aliphatic rings. The number of benzene rings is 1. The van der Waals surface area contributed by atoms with E-state index in [1.807, 2.05) is 30.3 Å². The summed E-state index contributed by atoms with van der Waals surface area (Å²) in [5, 5.41) is 0. The van der Waals surface area contributed by atoms with Crippen molar-refractivity contribution in [1.82, 2.24) is 0 Å². The summed E-state index contributed by atoms with van der Waals surface area (Å²) in [6, 6.07) is 10.1. The molecule has 1 fully saturated rings. The van der Waals surface area contributed by atoms with Gasteiger partial charge in [0.15, 0.2) is 6.29 Å². The van der Waals surface area contributed by atoms with Crippen molar-refractivity contribution >= 4 is 0 Å². The molecule has 0 amide bonds. The zero-order valence-corrected chi connectivity index (χ0v) is 10.1. The van der Waals surface area contributed by atoms with Gasteiger partial charge in [-0.05, 0) is 12.0 Å². The van der Waals surface area contributed by atoms with Gasteiger partial charge in [0.2, 0.25) is 0 Å². The lowest BCUT2D eigenvalue weighted by Gasteiger charge is -2.30. The van der Waals surface area contributed by atoms with E-state index >= 15 is 0 Å². The molecule has 17 heavy (non-hydrogen) atoms. The molecular formula is C14H18O3. The van der Waals surface area contributed by atoms with E-state index < -0.39 is 0 Å². The normalized spacial score (nSPS) is 24.4. The van der Waals surface area contributed by atoms with Gasteiger partial charge in [0.05, 0.1) is 6.61 Å². The lowest BCUT2D eigenvalue weighted by molar-refractivity contribution is -0.147. The topological polar surface area (TPSA) is 27.7 Å². The number of hydrogen-bond donors (Lipinski definition) is 0. The summed E-state index contributed by atoms with van der Waals surface area (Å²) in [4.78, 5) is 0. The molecule has 0 aliphatic carbocycles. The first kappa shape index (κ1) is 12.1. The van der Waals surface area contributed by atoms with Crippen LogP contribution in [0.25, 0.3) is 0 Å². The van der Waals surface area contributed by atoms with Gasteiger partial charge in [-0.15, -0.1) is 0 Å². The first-order chi connectivity index (χ1) is 8.29. The summed E-state index contributed by atoms with van der Waals surface area (Å²) in [6.45, 7) is 4.47. The molecule has 0 spiro atoms. The Morgan fingerprint density at radius 3 is 2.71 bits per heavy atom. The van der Waals surface area contributed by atoms with Gasteiger partial charge in [0.25, 0.3) is 0 Å². The minimum Gasteiger partial charge on any atom is -0.467 e. The molecule has 1 heterocycles. The molecule has 3 heteroatoms. The maximum atomic E-state index is 5.79. The molecule has 2 atom stereocenters. The number of hydrogen-bond acceptors (Lipinski definition) is 3. The fourth-order valence-electron chi connectivity index (χ4n) is 1.87. The maximum Gasteiger partial charge on any atom is 0.199 e. The molecule has 1 aliphatic heterocycles. The van der Waals surface area contributed by atoms with Crippen LogP contribution in [0, 0.1) is 0 Å². The van der Waals surface area contributed by atoms with Crippen LogP contribution in [0.4, 0.5) is 0 Å². The van der Waals surface area contributed by atoms with Crippen LogP contribution in [0.1, 0.15) is 18.4 Å². The van der Waals surface area contributed by atoms with Gasteiger partial charge in [-0.1, -0.05) is 36.9 Å². The molecule has 1 aromatic rings. The fraction of sp³-hybridized carbons (Fsp3) is 0.429. The summed E-state index contributed by atoms with van der Waals surface area (Å²) in [5.74, 6) is 0.666. The molecule has 92 valence electrons. The van der Waals surface area contributed by atoms with Gasteiger partial charge in [0.1, 0.15) is 11.9 Å². The van der Waals surface area contributed by atoms with E-state index in [0.717, 1.165) is 18.4 Å². The van der Waals surface area contributed by atoms with Gasteiger partial charge < -0.3 is 14.2 Å². The van der Waals surface area contributed by atoms with E-state index in [0.29, 0.717) is 12.4 Å². The molecule has 1 unspecified atom stereocenters. The Balaban J connectivity index is 1.82. The Labute approximate surface area is 102 Å². The van der Waals surface area contributed by atoms with Gasteiger partial charge in [0, 0.05) is 13.5 Å². The highest BCUT2D eigenvalue weighted by atomic mass is 16.7. The van der Waals surface area contributed by atoms with Crippen LogP contribution in [0.5, 0.6) is 0 Å². The first-order valence-corrected chi connectivity index (χ1v) is 5.83. The van der Waals surface area contributed by atoms with E-state index in [1.165, 1.54) is 0 Å². The Kier molecular flexibility index (Phi) is 4.18. The fourth-order valence-corrected chi connectivity index (χ4v) is 1.87. The molecule has 1 aromatic carbocycles. The summed E-state index contributed by atoms with van der Waals surface area (Å²) >= 11 is 0. The third kappa shape index (κ3) is 3.32. The summed E-state index contributed by atoms with van der Waals surface area (Å²) in [6.07, 6.45) is 1.54. The Hall–Kier alpha value is -1.32. The molecule has 2 rings (SSSR count). The van der Waals surface area contributed by atoms with E-state index in [-0.39, 0.29) is 12.4 Å². The van der Waals surface area contributed by atoms with Crippen LogP contribution in [-0.4, -0.2) is 19.5 Å². The predicted octanol–water partition coefficient (Wildman–Crippen LogP) is 2.87. The molecule has 1 saturated heterocycles. The Bertz CT molecular complexity index is 361. The van der Waals surface area contributed by atoms with Gasteiger partial charge in [-0.25, -0.2) is 0 Å². The van der Waals surface area contributed by atoms with Crippen molar-refractivity contribution < 1.29 is 14.2 Å². The van der Waals surface area contributed by atoms with E-state index in [9.17, 15) is 0 Å². The van der Waals surface area contributed by atoms with E-state index in [4.69, 9.17) is 14.2 Å². The Morgan fingerprint density at radius 1 is 1.29 bits per heavy atom. The highest BCUT2D eigenvalue weighted by Crippen LogP contribution is 2.25. The second-order valence-electron chi connectivity index (χ2n) is 4.11. The van der Waals surface area contributed by atoms with Crippen LogP contribution in [-0.2, 0) is 20.8 Å². The molecule has 0 N–H and O–H groups in total. The van der Waals surface area contributed by atoms with E-state index in [2.05, 4.69) is 6.58 Å². The number of rotatable bonds is 4. The highest BCUT2D eigenvalue weighted by molar-refractivity contribution is 5.13. The van der Waals surface area contributed by atoms with Gasteiger partial charge >= 0.3 is 0 Å². The second-order valence-corrected chi connectivity index (χ2v) is 4.11. The Morgan fingerprint density at radius 2 is 2.06 bits per heavy atom. The maximum absolute atomic E-state index is 5.79. The second kappa shape index (κ2) is 5.84. The van der Waals surface area contributed by atoms with Crippen molar-refractivity contribution in [3.05, 3.63) is 48.2 Å². The van der Waals surface area contributed by atoms with Crippen molar-refractivity contribution in [2.75, 3.05) is 7.11 Å². The average molecular weight is 234 g/mol. The monoisotopic (exact) mass is 234 g/mol. The van der Waals surface area contributed by atoms with Crippen molar-refractivity contribution in [3.63, 3.8) is 0 Å².